The fourth-order valence-corrected chi connectivity index (χ4v) is 10.3. The number of hydrogen-bond donors (Lipinski definition) is 4. The van der Waals surface area contributed by atoms with Gasteiger partial charge in [-0.2, -0.15) is 0 Å². The third-order valence-corrected chi connectivity index (χ3v) is 12.4. The third kappa shape index (κ3) is 5.30. The number of nitrogens with zero attached hydrogens (tertiary/aromatic N) is 1. The maximum Gasteiger partial charge on any atom is 0.261 e. The van der Waals surface area contributed by atoms with E-state index < -0.39 is 31.6 Å². The van der Waals surface area contributed by atoms with Crippen molar-refractivity contribution in [2.24, 2.45) is 11.8 Å². The first-order valence-electron chi connectivity index (χ1n) is 15.3. The Bertz CT molecular complexity index is 1430. The third-order valence-electron chi connectivity index (χ3n) is 9.91. The molecule has 2 aromatic carbocycles. The maximum atomic E-state index is 16.1. The number of ether oxygens (including phenoxy) is 1. The molecule has 4 heterocycles. The van der Waals surface area contributed by atoms with Crippen LogP contribution in [0.4, 0.5) is 15.5 Å². The van der Waals surface area contributed by atoms with Crippen LogP contribution in [0.2, 0.25) is 18.6 Å². The number of rotatable bonds is 6. The van der Waals surface area contributed by atoms with Crippen LogP contribution in [-0.4, -0.2) is 68.0 Å². The lowest BCUT2D eigenvalue weighted by Crippen LogP contribution is -2.48. The highest BCUT2D eigenvalue weighted by atomic mass is 28.4. The van der Waals surface area contributed by atoms with Gasteiger partial charge in [-0.25, -0.2) is 0 Å². The summed E-state index contributed by atoms with van der Waals surface area (Å²) < 4.78 is 22.7. The molecular formula is C32H41FN4O5Si. The molecule has 0 aromatic heterocycles. The molecule has 3 amide bonds. The minimum atomic E-state index is -3.46. The molecule has 0 aliphatic carbocycles. The van der Waals surface area contributed by atoms with Gasteiger partial charge in [0.25, 0.3) is 5.91 Å². The number of hydrogen-bond acceptors (Lipinski definition) is 6. The molecule has 230 valence electrons. The number of halogens is 1. The van der Waals surface area contributed by atoms with E-state index in [4.69, 9.17) is 4.74 Å². The summed E-state index contributed by atoms with van der Waals surface area (Å²) in [6.45, 7) is 6.74. The van der Waals surface area contributed by atoms with Crippen molar-refractivity contribution in [3.63, 3.8) is 0 Å². The van der Waals surface area contributed by atoms with E-state index in [1.54, 1.807) is 36.2 Å². The Morgan fingerprint density at radius 3 is 2.67 bits per heavy atom. The van der Waals surface area contributed by atoms with Gasteiger partial charge < -0.3 is 34.8 Å². The monoisotopic (exact) mass is 608 g/mol. The predicted molar refractivity (Wildman–Crippen MR) is 164 cm³/mol. The summed E-state index contributed by atoms with van der Waals surface area (Å²) in [5.74, 6) is -1.39. The first-order chi connectivity index (χ1) is 20.5. The molecule has 0 radical (unpaired) electrons. The lowest BCUT2D eigenvalue weighted by Gasteiger charge is -2.37. The number of piperidine rings is 1. The van der Waals surface area contributed by atoms with Crippen molar-refractivity contribution >= 4 is 37.5 Å². The number of amides is 3. The van der Waals surface area contributed by atoms with Crippen molar-refractivity contribution in [3.8, 4) is 0 Å². The van der Waals surface area contributed by atoms with Crippen LogP contribution in [-0.2, 0) is 37.7 Å². The maximum absolute atomic E-state index is 16.1. The minimum absolute atomic E-state index is 0.0842. The molecule has 6 atom stereocenters. The molecule has 11 heteroatoms. The van der Waals surface area contributed by atoms with Gasteiger partial charge in [0.1, 0.15) is 0 Å². The molecule has 2 saturated heterocycles. The van der Waals surface area contributed by atoms with E-state index in [2.05, 4.69) is 16.0 Å². The zero-order valence-electron chi connectivity index (χ0n) is 25.0. The molecule has 1 unspecified atom stereocenters. The number of aliphatic hydroxyl groups excluding tert-OH is 1. The fraction of sp³-hybridized carbons (Fsp3) is 0.531. The number of aliphatic hydroxyl groups is 1. The summed E-state index contributed by atoms with van der Waals surface area (Å²) >= 11 is 0. The predicted octanol–water partition coefficient (Wildman–Crippen LogP) is 3.69. The first kappa shape index (κ1) is 29.9. The second-order valence-corrected chi connectivity index (χ2v) is 16.8. The first-order valence-corrected chi connectivity index (χ1v) is 18.3. The van der Waals surface area contributed by atoms with Gasteiger partial charge in [-0.15, -0.1) is 0 Å². The lowest BCUT2D eigenvalue weighted by molar-refractivity contribution is -0.149. The van der Waals surface area contributed by atoms with Crippen molar-refractivity contribution in [3.05, 3.63) is 59.2 Å². The number of anilines is 2. The Balaban J connectivity index is 1.28. The largest absolute Gasteiger partial charge is 0.394 e. The fourth-order valence-electron chi connectivity index (χ4n) is 7.80. The van der Waals surface area contributed by atoms with Crippen LogP contribution >= 0.6 is 0 Å². The van der Waals surface area contributed by atoms with Crippen molar-refractivity contribution in [1.29, 1.82) is 0 Å². The summed E-state index contributed by atoms with van der Waals surface area (Å²) in [4.78, 5) is 42.2. The normalized spacial score (nSPS) is 30.1. The van der Waals surface area contributed by atoms with Crippen molar-refractivity contribution < 1.29 is 28.3 Å². The second-order valence-electron chi connectivity index (χ2n) is 13.1. The Labute approximate surface area is 252 Å². The van der Waals surface area contributed by atoms with Gasteiger partial charge in [-0.1, -0.05) is 31.2 Å². The molecule has 1 spiro atoms. The Morgan fingerprint density at radius 1 is 1.21 bits per heavy atom. The molecule has 9 nitrogen and oxygen atoms in total. The van der Waals surface area contributed by atoms with E-state index >= 15 is 4.11 Å². The summed E-state index contributed by atoms with van der Waals surface area (Å²) in [6, 6.07) is 12.7. The highest BCUT2D eigenvalue weighted by Crippen LogP contribution is 2.59. The summed E-state index contributed by atoms with van der Waals surface area (Å²) in [5.41, 5.74) is 1.67. The number of carbonyl (C=O) groups excluding carboxylic acids is 3. The molecule has 2 aromatic rings. The molecule has 4 aliphatic heterocycles. The summed E-state index contributed by atoms with van der Waals surface area (Å²) in [6.07, 6.45) is 1.36. The van der Waals surface area contributed by atoms with Crippen LogP contribution in [0.15, 0.2) is 42.5 Å². The van der Waals surface area contributed by atoms with E-state index in [9.17, 15) is 19.5 Å². The minimum Gasteiger partial charge on any atom is -0.394 e. The van der Waals surface area contributed by atoms with Crippen molar-refractivity contribution in [2.45, 2.75) is 75.5 Å². The van der Waals surface area contributed by atoms with Gasteiger partial charge in [-0.3, -0.25) is 14.4 Å². The molecule has 0 saturated carbocycles. The van der Waals surface area contributed by atoms with Gasteiger partial charge in [0.05, 0.1) is 31.1 Å². The van der Waals surface area contributed by atoms with Gasteiger partial charge in [-0.05, 0) is 68.2 Å². The Hall–Kier alpha value is -3.12. The van der Waals surface area contributed by atoms with E-state index in [1.807, 2.05) is 31.2 Å². The topological polar surface area (TPSA) is 120 Å². The van der Waals surface area contributed by atoms with Crippen LogP contribution in [0, 0.1) is 11.8 Å². The van der Waals surface area contributed by atoms with Gasteiger partial charge in [0.2, 0.25) is 20.2 Å². The molecule has 0 bridgehead atoms. The number of nitrogens with one attached hydrogen (secondary N) is 3. The smallest absolute Gasteiger partial charge is 0.261 e. The van der Waals surface area contributed by atoms with Crippen LogP contribution < -0.4 is 16.0 Å². The van der Waals surface area contributed by atoms with Gasteiger partial charge in [0, 0.05) is 41.5 Å². The molecular weight excluding hydrogens is 567 g/mol. The number of benzene rings is 2. The molecule has 4 N–H and O–H groups in total. The summed E-state index contributed by atoms with van der Waals surface area (Å²) in [7, 11) is -3.46. The second kappa shape index (κ2) is 11.4. The zero-order valence-corrected chi connectivity index (χ0v) is 26.0. The Morgan fingerprint density at radius 2 is 1.98 bits per heavy atom. The van der Waals surface area contributed by atoms with E-state index in [0.29, 0.717) is 36.4 Å². The van der Waals surface area contributed by atoms with Crippen molar-refractivity contribution in [1.82, 2.24) is 10.2 Å². The van der Waals surface area contributed by atoms with E-state index in [-0.39, 0.29) is 42.7 Å². The molecule has 43 heavy (non-hydrogen) atoms. The summed E-state index contributed by atoms with van der Waals surface area (Å²) in [5, 5.41) is 19.3. The molecule has 2 fully saturated rings. The highest BCUT2D eigenvalue weighted by Gasteiger charge is 2.65. The van der Waals surface area contributed by atoms with E-state index in [0.717, 1.165) is 30.5 Å². The van der Waals surface area contributed by atoms with Crippen LogP contribution in [0.5, 0.6) is 0 Å². The zero-order chi connectivity index (χ0) is 30.5. The quantitative estimate of drug-likeness (QED) is 0.294. The number of fused-ring (bicyclic) bond motifs is 3. The highest BCUT2D eigenvalue weighted by molar-refractivity contribution is 6.72. The Kier molecular flexibility index (Phi) is 7.95. The standard InChI is InChI=1S/C32H41FN4O5Si/c1-19-29(43(2,3)33)27(15-28(39)37-17-22-8-5-4-7-20(22)13-24(37)18-38)42-32(19)25-14-23(10-11-26(25)36-31(32)41)35-30(40)21-9-6-12-34-16-21/h4-5,7-8,10-11,14,19,21,24,27,29,34,38H,6,9,12-13,15-18H2,1-3H3,(H,35,40)(H,36,41)/t19-,21?,24-,27+,29-,32+/m0/s1. The van der Waals surface area contributed by atoms with Gasteiger partial charge >= 0.3 is 0 Å². The van der Waals surface area contributed by atoms with Crippen LogP contribution in [0.1, 0.15) is 42.9 Å². The lowest BCUT2D eigenvalue weighted by atomic mass is 9.82. The molecule has 4 aliphatic rings. The molecule has 6 rings (SSSR count). The van der Waals surface area contributed by atoms with Crippen molar-refractivity contribution in [2.75, 3.05) is 30.3 Å². The van der Waals surface area contributed by atoms with Gasteiger partial charge in [0.15, 0.2) is 5.60 Å². The van der Waals surface area contributed by atoms with E-state index in [1.165, 1.54) is 0 Å². The van der Waals surface area contributed by atoms with Crippen LogP contribution in [0.3, 0.4) is 0 Å². The number of carbonyl (C=O) groups is 3. The average molecular weight is 609 g/mol. The average Bonchev–Trinajstić information content (AvgIpc) is 3.44. The van der Waals surface area contributed by atoms with Crippen LogP contribution in [0.25, 0.3) is 0 Å². The SMILES string of the molecule is C[C@H]1[C@H]([Si](C)(C)F)[C@@H](CC(=O)N2Cc3ccccc3C[C@H]2CO)O[C@]12C(=O)Nc1ccc(NC(=O)C3CCCNC3)cc12.